The van der Waals surface area contributed by atoms with Crippen LogP contribution < -0.4 is 5.32 Å². The lowest BCUT2D eigenvalue weighted by molar-refractivity contribution is -0.125. The second kappa shape index (κ2) is 6.80. The zero-order valence-electron chi connectivity index (χ0n) is 14.2. The van der Waals surface area contributed by atoms with Crippen LogP contribution in [0.2, 0.25) is 0 Å². The van der Waals surface area contributed by atoms with Crippen molar-refractivity contribution in [1.29, 1.82) is 0 Å². The van der Waals surface area contributed by atoms with Crippen molar-refractivity contribution in [3.05, 3.63) is 12.2 Å². The molecule has 0 spiro atoms. The maximum absolute atomic E-state index is 12.6. The minimum absolute atomic E-state index is 0.0397. The van der Waals surface area contributed by atoms with E-state index in [0.717, 1.165) is 45.0 Å². The molecule has 1 aliphatic heterocycles. The Balaban J connectivity index is 1.35. The van der Waals surface area contributed by atoms with E-state index in [9.17, 15) is 4.79 Å². The van der Waals surface area contributed by atoms with Crippen LogP contribution in [0.5, 0.6) is 0 Å². The highest BCUT2D eigenvalue weighted by Gasteiger charge is 2.41. The van der Waals surface area contributed by atoms with E-state index in [1.165, 1.54) is 25.7 Å². The van der Waals surface area contributed by atoms with Gasteiger partial charge < -0.3 is 14.6 Å². The van der Waals surface area contributed by atoms with Crippen LogP contribution >= 0.6 is 0 Å². The Bertz CT molecular complexity index is 571. The number of nitrogens with one attached hydrogen (secondary N) is 1. The molecule has 132 valence electrons. The topological polar surface area (TPSA) is 72.3 Å². The maximum atomic E-state index is 12.6. The van der Waals surface area contributed by atoms with Crippen molar-refractivity contribution in [1.82, 2.24) is 25.0 Å². The third-order valence-corrected chi connectivity index (χ3v) is 5.74. The normalized spacial score (nSPS) is 24.2. The summed E-state index contributed by atoms with van der Waals surface area (Å²) in [5.41, 5.74) is 0.0397. The van der Waals surface area contributed by atoms with Crippen molar-refractivity contribution in [3.63, 3.8) is 0 Å². The van der Waals surface area contributed by atoms with E-state index < -0.39 is 0 Å². The maximum Gasteiger partial charge on any atom is 0.222 e. The lowest BCUT2D eigenvalue weighted by Crippen LogP contribution is -2.54. The van der Waals surface area contributed by atoms with E-state index in [1.54, 1.807) is 6.33 Å². The average molecular weight is 333 g/mol. The van der Waals surface area contributed by atoms with E-state index in [0.29, 0.717) is 19.0 Å². The zero-order valence-corrected chi connectivity index (χ0v) is 14.2. The number of carbonyl (C=O) groups is 1. The third-order valence-electron chi connectivity index (χ3n) is 5.74. The van der Waals surface area contributed by atoms with E-state index in [4.69, 9.17) is 4.74 Å². The summed E-state index contributed by atoms with van der Waals surface area (Å²) < 4.78 is 7.59. The van der Waals surface area contributed by atoms with Crippen LogP contribution in [0.4, 0.5) is 0 Å². The molecule has 1 N–H and O–H groups in total. The number of ether oxygens (including phenoxy) is 1. The van der Waals surface area contributed by atoms with Crippen LogP contribution in [0, 0.1) is 0 Å². The van der Waals surface area contributed by atoms with Crippen LogP contribution in [0.3, 0.4) is 0 Å². The monoisotopic (exact) mass is 333 g/mol. The molecule has 2 heterocycles. The lowest BCUT2D eigenvalue weighted by Gasteiger charge is -2.43. The number of rotatable bonds is 6. The van der Waals surface area contributed by atoms with Crippen LogP contribution in [0.1, 0.15) is 56.8 Å². The molecular formula is C17H27N5O2. The van der Waals surface area contributed by atoms with Crippen molar-refractivity contribution in [2.24, 2.45) is 0 Å². The second-order valence-electron chi connectivity index (χ2n) is 7.37. The Hall–Kier alpha value is -1.47. The summed E-state index contributed by atoms with van der Waals surface area (Å²) in [6, 6.07) is 0.543. The number of hydrogen-bond acceptors (Lipinski definition) is 5. The van der Waals surface area contributed by atoms with Gasteiger partial charge in [0.2, 0.25) is 5.91 Å². The van der Waals surface area contributed by atoms with E-state index >= 15 is 0 Å². The highest BCUT2D eigenvalue weighted by Crippen LogP contribution is 2.38. The van der Waals surface area contributed by atoms with Gasteiger partial charge in [-0.1, -0.05) is 12.8 Å². The fraction of sp³-hybridized carbons (Fsp3) is 0.824. The van der Waals surface area contributed by atoms with Crippen molar-refractivity contribution in [2.75, 3.05) is 26.3 Å². The zero-order chi connectivity index (χ0) is 16.4. The molecule has 3 fully saturated rings. The van der Waals surface area contributed by atoms with Gasteiger partial charge in [-0.15, -0.1) is 10.2 Å². The third kappa shape index (κ3) is 3.32. The molecule has 2 aliphatic carbocycles. The molecule has 0 aromatic carbocycles. The predicted octanol–water partition coefficient (Wildman–Crippen LogP) is 1.26. The summed E-state index contributed by atoms with van der Waals surface area (Å²) in [5.74, 6) is 1.01. The van der Waals surface area contributed by atoms with Crippen molar-refractivity contribution in [3.8, 4) is 0 Å². The Morgan fingerprint density at radius 1 is 1.29 bits per heavy atom. The summed E-state index contributed by atoms with van der Waals surface area (Å²) in [5, 5.41) is 11.2. The highest BCUT2D eigenvalue weighted by molar-refractivity contribution is 5.77. The summed E-state index contributed by atoms with van der Waals surface area (Å²) in [6.07, 6.45) is 9.45. The van der Waals surface area contributed by atoms with Gasteiger partial charge in [0.25, 0.3) is 0 Å². The van der Waals surface area contributed by atoms with E-state index in [1.807, 2.05) is 0 Å². The number of amides is 1. The molecular weight excluding hydrogens is 306 g/mol. The molecule has 0 bridgehead atoms. The van der Waals surface area contributed by atoms with Crippen molar-refractivity contribution in [2.45, 2.75) is 63.1 Å². The Kier molecular flexibility index (Phi) is 4.54. The van der Waals surface area contributed by atoms with Gasteiger partial charge in [0.15, 0.2) is 5.82 Å². The quantitative estimate of drug-likeness (QED) is 0.849. The Labute approximate surface area is 142 Å². The molecule has 7 nitrogen and oxygen atoms in total. The molecule has 4 rings (SSSR count). The number of carbonyl (C=O) groups excluding carboxylic acids is 1. The van der Waals surface area contributed by atoms with E-state index in [2.05, 4.69) is 25.0 Å². The summed E-state index contributed by atoms with van der Waals surface area (Å²) in [6.45, 7) is 3.95. The van der Waals surface area contributed by atoms with Crippen LogP contribution in [-0.2, 0) is 16.1 Å². The largest absolute Gasteiger partial charge is 0.379 e. The number of aromatic nitrogens is 3. The average Bonchev–Trinajstić information content (AvgIpc) is 3.16. The van der Waals surface area contributed by atoms with E-state index in [-0.39, 0.29) is 11.4 Å². The summed E-state index contributed by atoms with van der Waals surface area (Å²) in [7, 11) is 0. The molecule has 1 aromatic rings. The van der Waals surface area contributed by atoms with Crippen molar-refractivity contribution >= 4 is 5.91 Å². The fourth-order valence-electron chi connectivity index (χ4n) is 4.27. The first-order valence-electron chi connectivity index (χ1n) is 9.25. The molecule has 1 amide bonds. The SMILES string of the molecule is O=C(CC1(N2CCOCC2)CCCC1)NCc1nncn1C1CC1. The smallest absolute Gasteiger partial charge is 0.222 e. The molecule has 24 heavy (non-hydrogen) atoms. The van der Waals surface area contributed by atoms with Gasteiger partial charge in [0.05, 0.1) is 19.8 Å². The minimum Gasteiger partial charge on any atom is -0.379 e. The van der Waals surface area contributed by atoms with Gasteiger partial charge in [-0.05, 0) is 25.7 Å². The van der Waals surface area contributed by atoms with Gasteiger partial charge in [0, 0.05) is 31.1 Å². The van der Waals surface area contributed by atoms with Gasteiger partial charge in [0.1, 0.15) is 6.33 Å². The van der Waals surface area contributed by atoms with Gasteiger partial charge in [-0.3, -0.25) is 9.69 Å². The van der Waals surface area contributed by atoms with Crippen LogP contribution in [0.15, 0.2) is 6.33 Å². The minimum atomic E-state index is 0.0397. The van der Waals surface area contributed by atoms with Gasteiger partial charge in [-0.25, -0.2) is 0 Å². The second-order valence-corrected chi connectivity index (χ2v) is 7.37. The van der Waals surface area contributed by atoms with Crippen LogP contribution in [0.25, 0.3) is 0 Å². The van der Waals surface area contributed by atoms with Crippen molar-refractivity contribution < 1.29 is 9.53 Å². The molecule has 0 radical (unpaired) electrons. The summed E-state index contributed by atoms with van der Waals surface area (Å²) >= 11 is 0. The molecule has 2 saturated carbocycles. The van der Waals surface area contributed by atoms with Gasteiger partial charge in [-0.2, -0.15) is 0 Å². The molecule has 0 unspecified atom stereocenters. The van der Waals surface area contributed by atoms with Crippen LogP contribution in [-0.4, -0.2) is 57.4 Å². The fourth-order valence-corrected chi connectivity index (χ4v) is 4.27. The first-order chi connectivity index (χ1) is 11.8. The summed E-state index contributed by atoms with van der Waals surface area (Å²) in [4.78, 5) is 15.1. The predicted molar refractivity (Wildman–Crippen MR) is 88.3 cm³/mol. The first-order valence-corrected chi connectivity index (χ1v) is 9.25. The number of nitrogens with zero attached hydrogens (tertiary/aromatic N) is 4. The Morgan fingerprint density at radius 2 is 2.04 bits per heavy atom. The standard InChI is InChI=1S/C17H27N5O2/c23-16(18-12-15-20-19-13-22(15)14-3-4-14)11-17(5-1-2-6-17)21-7-9-24-10-8-21/h13-14H,1-12H2,(H,18,23). The lowest BCUT2D eigenvalue weighted by atomic mass is 9.90. The molecule has 7 heteroatoms. The molecule has 1 saturated heterocycles. The molecule has 3 aliphatic rings. The van der Waals surface area contributed by atoms with Gasteiger partial charge >= 0.3 is 0 Å². The number of hydrogen-bond donors (Lipinski definition) is 1. The number of morpholine rings is 1. The first kappa shape index (κ1) is 16.0. The molecule has 0 atom stereocenters. The Morgan fingerprint density at radius 3 is 2.75 bits per heavy atom. The molecule has 1 aromatic heterocycles. The highest BCUT2D eigenvalue weighted by atomic mass is 16.5.